The van der Waals surface area contributed by atoms with Crippen LogP contribution in [-0.4, -0.2) is 54.8 Å². The summed E-state index contributed by atoms with van der Waals surface area (Å²) < 4.78 is 49.1. The van der Waals surface area contributed by atoms with Crippen molar-refractivity contribution >= 4 is 17.9 Å². The van der Waals surface area contributed by atoms with Crippen molar-refractivity contribution in [3.05, 3.63) is 0 Å². The number of hydrogen-bond donors (Lipinski definition) is 0. The van der Waals surface area contributed by atoms with Crippen molar-refractivity contribution in [3.63, 3.8) is 0 Å². The molecule has 0 saturated carbocycles. The van der Waals surface area contributed by atoms with E-state index in [1.165, 1.54) is 11.8 Å². The van der Waals surface area contributed by atoms with Crippen LogP contribution in [0.15, 0.2) is 9.98 Å². The number of esters is 1. The number of methoxy groups -OCH3 is 1. The van der Waals surface area contributed by atoms with Gasteiger partial charge in [-0.1, -0.05) is 0 Å². The summed E-state index contributed by atoms with van der Waals surface area (Å²) in [4.78, 5) is 19.7. The van der Waals surface area contributed by atoms with Gasteiger partial charge in [0.2, 0.25) is 0 Å². The molecular formula is C11H16F3N3O3. The van der Waals surface area contributed by atoms with Crippen LogP contribution in [0.25, 0.3) is 0 Å². The lowest BCUT2D eigenvalue weighted by Crippen LogP contribution is -2.54. The molecule has 0 aromatic carbocycles. The molecule has 0 aromatic rings. The van der Waals surface area contributed by atoms with Gasteiger partial charge in [-0.05, 0) is 13.8 Å². The number of carbonyl (C=O) groups is 1. The Morgan fingerprint density at radius 3 is 2.30 bits per heavy atom. The van der Waals surface area contributed by atoms with Crippen LogP contribution in [0.3, 0.4) is 0 Å². The highest BCUT2D eigenvalue weighted by molar-refractivity contribution is 5.97. The lowest BCUT2D eigenvalue weighted by atomic mass is 10.1. The van der Waals surface area contributed by atoms with E-state index in [0.717, 1.165) is 7.11 Å². The van der Waals surface area contributed by atoms with Crippen LogP contribution in [0.4, 0.5) is 13.2 Å². The molecule has 1 heterocycles. The van der Waals surface area contributed by atoms with Crippen LogP contribution in [0.2, 0.25) is 0 Å². The second-order valence-corrected chi connectivity index (χ2v) is 3.96. The van der Waals surface area contributed by atoms with E-state index in [1.54, 1.807) is 13.8 Å². The summed E-state index contributed by atoms with van der Waals surface area (Å²) in [5.41, 5.74) is -3.30. The van der Waals surface area contributed by atoms with E-state index in [0.29, 0.717) is 13.1 Å². The van der Waals surface area contributed by atoms with E-state index >= 15 is 0 Å². The number of carbonyl (C=O) groups excluding carboxylic acids is 1. The van der Waals surface area contributed by atoms with Gasteiger partial charge in [-0.25, -0.2) is 9.79 Å². The first-order valence-electron chi connectivity index (χ1n) is 5.96. The molecule has 0 N–H and O–H groups in total. The zero-order valence-corrected chi connectivity index (χ0v) is 11.6. The maximum Gasteiger partial charge on any atom is 0.446 e. The Balaban J connectivity index is 3.41. The van der Waals surface area contributed by atoms with Gasteiger partial charge in [0, 0.05) is 20.0 Å². The molecule has 1 aliphatic rings. The summed E-state index contributed by atoms with van der Waals surface area (Å²) in [5.74, 6) is -1.90. The molecule has 0 fully saturated rings. The normalized spacial score (nSPS) is 22.6. The highest BCUT2D eigenvalue weighted by atomic mass is 19.4. The van der Waals surface area contributed by atoms with Crippen LogP contribution < -0.4 is 0 Å². The van der Waals surface area contributed by atoms with Gasteiger partial charge in [-0.3, -0.25) is 0 Å². The molecule has 0 amide bonds. The Kier molecular flexibility index (Phi) is 4.61. The smallest absolute Gasteiger partial charge is 0.446 e. The molecule has 20 heavy (non-hydrogen) atoms. The number of ether oxygens (including phenoxy) is 2. The van der Waals surface area contributed by atoms with Crippen molar-refractivity contribution in [1.29, 1.82) is 0 Å². The first-order valence-corrected chi connectivity index (χ1v) is 5.96. The van der Waals surface area contributed by atoms with Gasteiger partial charge in [0.25, 0.3) is 6.02 Å². The Morgan fingerprint density at radius 1 is 1.35 bits per heavy atom. The van der Waals surface area contributed by atoms with Gasteiger partial charge in [0.05, 0.1) is 7.11 Å². The first kappa shape index (κ1) is 16.3. The van der Waals surface area contributed by atoms with Crippen LogP contribution in [0.5, 0.6) is 0 Å². The molecule has 6 nitrogen and oxygen atoms in total. The predicted molar refractivity (Wildman–Crippen MR) is 65.4 cm³/mol. The van der Waals surface area contributed by atoms with Crippen molar-refractivity contribution in [1.82, 2.24) is 4.90 Å². The average Bonchev–Trinajstić information content (AvgIpc) is 2.37. The fourth-order valence-corrected chi connectivity index (χ4v) is 1.67. The fourth-order valence-electron chi connectivity index (χ4n) is 1.67. The minimum absolute atomic E-state index is 0.301. The molecule has 0 spiro atoms. The van der Waals surface area contributed by atoms with Crippen molar-refractivity contribution in [2.75, 3.05) is 20.2 Å². The summed E-state index contributed by atoms with van der Waals surface area (Å²) in [5, 5.41) is 0. The summed E-state index contributed by atoms with van der Waals surface area (Å²) >= 11 is 0. The highest BCUT2D eigenvalue weighted by Crippen LogP contribution is 2.38. The van der Waals surface area contributed by atoms with Crippen LogP contribution in [-0.2, 0) is 14.3 Å². The van der Waals surface area contributed by atoms with E-state index < -0.39 is 17.8 Å². The number of amidine groups is 1. The van der Waals surface area contributed by atoms with Gasteiger partial charge in [0.1, 0.15) is 0 Å². The topological polar surface area (TPSA) is 63.5 Å². The number of nitrogens with zero attached hydrogens (tertiary/aromatic N) is 3. The number of alkyl halides is 3. The maximum absolute atomic E-state index is 13.3. The van der Waals surface area contributed by atoms with E-state index in [-0.39, 0.29) is 11.9 Å². The molecule has 114 valence electrons. The monoisotopic (exact) mass is 295 g/mol. The molecule has 9 heteroatoms. The van der Waals surface area contributed by atoms with E-state index in [9.17, 15) is 18.0 Å². The number of aliphatic imine (C=N–C) groups is 2. The van der Waals surface area contributed by atoms with Crippen LogP contribution in [0.1, 0.15) is 20.8 Å². The van der Waals surface area contributed by atoms with Crippen LogP contribution >= 0.6 is 0 Å². The van der Waals surface area contributed by atoms with Crippen LogP contribution in [0, 0.1) is 0 Å². The summed E-state index contributed by atoms with van der Waals surface area (Å²) in [6.07, 6.45) is -5.02. The molecule has 0 bridgehead atoms. The fraction of sp³-hybridized carbons (Fsp3) is 0.727. The lowest BCUT2D eigenvalue weighted by molar-refractivity contribution is -0.202. The molecule has 1 atom stereocenters. The third-order valence-electron chi connectivity index (χ3n) is 2.71. The molecule has 0 saturated heterocycles. The molecule has 0 unspecified atom stereocenters. The maximum atomic E-state index is 13.3. The SMILES string of the molecule is CCN(CC)C1=N[C@](C(=O)OC)(C(F)(F)F)N=C(C)O1. The minimum atomic E-state index is -5.02. The second kappa shape index (κ2) is 5.68. The standard InChI is InChI=1S/C11H16F3N3O3/c1-5-17(6-2)9-16-10(8(18)19-4,11(12,13)14)15-7(3)20-9/h5-6H2,1-4H3/t10-/m1/s1. The first-order chi connectivity index (χ1) is 9.21. The zero-order valence-electron chi connectivity index (χ0n) is 11.6. The second-order valence-electron chi connectivity index (χ2n) is 3.96. The molecule has 0 aromatic heterocycles. The Morgan fingerprint density at radius 2 is 1.90 bits per heavy atom. The van der Waals surface area contributed by atoms with Crippen molar-refractivity contribution in [2.45, 2.75) is 32.6 Å². The van der Waals surface area contributed by atoms with E-state index in [1.807, 2.05) is 0 Å². The Bertz CT molecular complexity index is 444. The summed E-state index contributed by atoms with van der Waals surface area (Å²) in [7, 11) is 0.850. The van der Waals surface area contributed by atoms with E-state index in [2.05, 4.69) is 14.7 Å². The minimum Gasteiger partial charge on any atom is -0.465 e. The number of rotatable bonds is 3. The van der Waals surface area contributed by atoms with Gasteiger partial charge < -0.3 is 14.4 Å². The Labute approximate surface area is 114 Å². The van der Waals surface area contributed by atoms with Gasteiger partial charge in [0.15, 0.2) is 5.90 Å². The number of hydrogen-bond acceptors (Lipinski definition) is 6. The third-order valence-corrected chi connectivity index (χ3v) is 2.71. The van der Waals surface area contributed by atoms with Crippen molar-refractivity contribution in [2.24, 2.45) is 9.98 Å². The van der Waals surface area contributed by atoms with Gasteiger partial charge in [-0.2, -0.15) is 18.2 Å². The summed E-state index contributed by atoms with van der Waals surface area (Å²) in [6.45, 7) is 5.42. The van der Waals surface area contributed by atoms with Crippen molar-refractivity contribution < 1.29 is 27.4 Å². The van der Waals surface area contributed by atoms with Gasteiger partial charge in [-0.15, -0.1) is 0 Å². The average molecular weight is 295 g/mol. The zero-order chi connectivity index (χ0) is 15.6. The van der Waals surface area contributed by atoms with Crippen molar-refractivity contribution in [3.8, 4) is 0 Å². The molecule has 1 rings (SSSR count). The van der Waals surface area contributed by atoms with Gasteiger partial charge >= 0.3 is 17.8 Å². The quantitative estimate of drug-likeness (QED) is 0.741. The van der Waals surface area contributed by atoms with E-state index in [4.69, 9.17) is 4.74 Å². The molecule has 0 aliphatic carbocycles. The summed E-state index contributed by atoms with van der Waals surface area (Å²) in [6, 6.07) is -0.301. The predicted octanol–water partition coefficient (Wildman–Crippen LogP) is 1.56. The number of halogens is 3. The highest BCUT2D eigenvalue weighted by Gasteiger charge is 2.65. The lowest BCUT2D eigenvalue weighted by Gasteiger charge is -2.32. The molecule has 0 radical (unpaired) electrons. The molecular weight excluding hydrogens is 279 g/mol. The molecule has 1 aliphatic heterocycles. The Hall–Kier alpha value is -1.80. The third kappa shape index (κ3) is 2.70. The largest absolute Gasteiger partial charge is 0.465 e.